The Labute approximate surface area is 698 Å². The van der Waals surface area contributed by atoms with Crippen LogP contribution in [-0.4, -0.2) is 278 Å². The van der Waals surface area contributed by atoms with Gasteiger partial charge in [-0.15, -0.1) is 0 Å². The second-order valence-corrected chi connectivity index (χ2v) is 32.1. The van der Waals surface area contributed by atoms with Crippen LogP contribution >= 0.6 is 0 Å². The van der Waals surface area contributed by atoms with Gasteiger partial charge in [0.1, 0.15) is 72.6 Å². The summed E-state index contributed by atoms with van der Waals surface area (Å²) in [6.45, 7) is 5.36. The maximum Gasteiger partial charge on any atom is 0.490 e. The lowest BCUT2D eigenvalue weighted by Crippen LogP contribution is -2.64. The monoisotopic (exact) mass is 1700 g/mol. The number of benzene rings is 4. The average Bonchev–Trinajstić information content (AvgIpc) is 1.66. The van der Waals surface area contributed by atoms with Gasteiger partial charge in [0.25, 0.3) is 0 Å². The molecule has 12 amide bonds. The van der Waals surface area contributed by atoms with Crippen LogP contribution in [0.1, 0.15) is 112 Å². The van der Waals surface area contributed by atoms with E-state index in [2.05, 4.69) is 47.9 Å². The van der Waals surface area contributed by atoms with Crippen molar-refractivity contribution in [2.75, 3.05) is 101 Å². The minimum absolute atomic E-state index is 0.0433. The van der Waals surface area contributed by atoms with Crippen LogP contribution in [-0.2, 0) is 122 Å². The highest BCUT2D eigenvalue weighted by atomic mass is 19.4. The van der Waals surface area contributed by atoms with E-state index >= 15 is 33.2 Å². The van der Waals surface area contributed by atoms with Gasteiger partial charge in [0.05, 0.1) is 66.9 Å². The summed E-state index contributed by atoms with van der Waals surface area (Å²) in [5.74, 6) is -12.1. The lowest BCUT2D eigenvalue weighted by molar-refractivity contribution is -0.870. The number of nitrogens with one attached hydrogen (secondary N) is 9. The number of halogens is 4. The van der Waals surface area contributed by atoms with Crippen molar-refractivity contribution in [3.05, 3.63) is 136 Å². The molecule has 0 saturated carbocycles. The molecule has 6 aliphatic heterocycles. The molecule has 11 N–H and O–H groups in total. The van der Waals surface area contributed by atoms with E-state index in [-0.39, 0.29) is 110 Å². The number of quaternary nitrogens is 1. The van der Waals surface area contributed by atoms with Gasteiger partial charge in [0, 0.05) is 108 Å². The Morgan fingerprint density at radius 1 is 0.686 bits per heavy atom. The number of hydrogen-bond donors (Lipinski definition) is 11. The fourth-order valence-corrected chi connectivity index (χ4v) is 14.9. The van der Waals surface area contributed by atoms with Crippen molar-refractivity contribution in [1.82, 2.24) is 67.1 Å². The third-order valence-corrected chi connectivity index (χ3v) is 21.8. The van der Waals surface area contributed by atoms with Crippen LogP contribution in [0, 0.1) is 5.82 Å². The van der Waals surface area contributed by atoms with Crippen LogP contribution < -0.4 is 52.6 Å². The molecule has 4 aromatic carbocycles. The number of alkyl halides is 3. The minimum atomic E-state index is -5.08. The van der Waals surface area contributed by atoms with Crippen LogP contribution in [0.25, 0.3) is 10.9 Å². The Morgan fingerprint density at radius 2 is 1.37 bits per heavy atom. The minimum Gasteiger partial charge on any atom is -0.497 e. The summed E-state index contributed by atoms with van der Waals surface area (Å²) >= 11 is 0. The van der Waals surface area contributed by atoms with Gasteiger partial charge in [-0.1, -0.05) is 60.7 Å². The number of fused-ring (bicyclic) bond motifs is 16. The van der Waals surface area contributed by atoms with E-state index in [0.29, 0.717) is 88.6 Å². The van der Waals surface area contributed by atoms with Crippen molar-refractivity contribution >= 4 is 87.8 Å². The van der Waals surface area contributed by atoms with Gasteiger partial charge in [0.2, 0.25) is 70.9 Å². The fourth-order valence-electron chi connectivity index (χ4n) is 14.9. The first-order valence-electron chi connectivity index (χ1n) is 40.6. The number of carbonyl (C=O) groups is 13. The maximum atomic E-state index is 16.3. The highest BCUT2D eigenvalue weighted by molar-refractivity contribution is 6.00. The van der Waals surface area contributed by atoms with Crippen LogP contribution in [0.5, 0.6) is 5.75 Å². The van der Waals surface area contributed by atoms with E-state index in [0.717, 1.165) is 22.6 Å². The third kappa shape index (κ3) is 27.2. The molecule has 5 aromatic rings. The Bertz CT molecular complexity index is 4510. The van der Waals surface area contributed by atoms with Crippen molar-refractivity contribution < 1.29 is 114 Å². The lowest BCUT2D eigenvalue weighted by atomic mass is 9.95. The van der Waals surface area contributed by atoms with E-state index < -0.39 is 163 Å². The molecule has 2 saturated heterocycles. The third-order valence-electron chi connectivity index (χ3n) is 21.8. The number of aliphatic carboxylic acids is 1. The summed E-state index contributed by atoms with van der Waals surface area (Å²) < 4.78 is 73.2. The first kappa shape index (κ1) is 93.7. The summed E-state index contributed by atoms with van der Waals surface area (Å²) in [6.07, 6.45) is -5.47. The Morgan fingerprint density at radius 3 is 2.07 bits per heavy atom. The summed E-state index contributed by atoms with van der Waals surface area (Å²) in [6, 6.07) is 13.7. The molecule has 10 atom stereocenters. The molecule has 0 spiro atoms. The second kappa shape index (κ2) is 43.4. The molecule has 121 heavy (non-hydrogen) atoms. The van der Waals surface area contributed by atoms with E-state index in [1.807, 2.05) is 50.0 Å². The van der Waals surface area contributed by atoms with Crippen LogP contribution in [0.3, 0.4) is 0 Å². The van der Waals surface area contributed by atoms with Crippen LogP contribution in [0.4, 0.5) is 17.6 Å². The first-order valence-corrected chi connectivity index (χ1v) is 40.6. The Balaban J connectivity index is 0.00000227. The molecule has 12 bridgehead atoms. The Kier molecular flexibility index (Phi) is 33.6. The molecule has 0 aliphatic carbocycles. The number of hydrogen-bond acceptors (Lipinski definition) is 18. The molecular weight excluding hydrogens is 1580 g/mol. The molecule has 658 valence electrons. The SMILES string of the molecule is COc1ccc(C[C@@H]2NC(=O)[C@H]([C@@H](C)O)NC(=O)[C@@H]3[C@@H]4CCN3C(=O)[C@@H]3Cc5cn(c6ccc(F)cc56)CCCCCN(Cc5ccc(cc5)CCNC(=O)[C@]5(C)CCCN5C2=O)C(=O)CCC(=O)N[C@@H](C)C(=O)N[C@H](CNC(=O)CCOCCOCC[N+](C)(C)C)C(=O)N[C@@H](Cc2cccc(c2)CNC(=O)CO4)C(=O)N3)cc1.O=C(O)C(F)(F)F. The summed E-state index contributed by atoms with van der Waals surface area (Å²) in [5, 5.41) is 44.0. The summed E-state index contributed by atoms with van der Waals surface area (Å²) in [7, 11) is 7.59. The van der Waals surface area contributed by atoms with Gasteiger partial charge in [-0.05, 0) is 129 Å². The van der Waals surface area contributed by atoms with Crippen molar-refractivity contribution in [1.29, 1.82) is 0 Å². The predicted octanol–water partition coefficient (Wildman–Crippen LogP) is 1.67. The molecular formula is C84H111F4N14O19+. The average molecular weight is 1700 g/mol. The summed E-state index contributed by atoms with van der Waals surface area (Å²) in [4.78, 5) is 191. The van der Waals surface area contributed by atoms with E-state index in [1.54, 1.807) is 72.6 Å². The largest absolute Gasteiger partial charge is 0.497 e. The molecule has 6 aliphatic rings. The smallest absolute Gasteiger partial charge is 0.490 e. The maximum absolute atomic E-state index is 16.3. The number of aryl methyl sites for hydroxylation is 1. The Hall–Kier alpha value is -11.2. The number of aliphatic hydroxyl groups excluding tert-OH is 1. The zero-order valence-electron chi connectivity index (χ0n) is 69.1. The normalized spacial score (nSPS) is 23.8. The number of likely N-dealkylation sites (N-methyl/N-ethyl adjacent to an activating group) is 1. The zero-order valence-corrected chi connectivity index (χ0v) is 69.1. The lowest BCUT2D eigenvalue weighted by Gasteiger charge is -2.37. The van der Waals surface area contributed by atoms with Gasteiger partial charge < -0.3 is 101 Å². The zero-order chi connectivity index (χ0) is 87.9. The molecule has 33 nitrogen and oxygen atoms in total. The van der Waals surface area contributed by atoms with Crippen molar-refractivity contribution in [2.45, 2.75) is 190 Å². The standard InChI is InChI=1S/C82H109FN14O17.C2HF3O2/c1-51-74(103)91-65(47-86-68(99)29-37-112-39-40-113-38-36-97(4,5)6)76(105)88-62-43-56-13-11-14-57(41-56)46-85-70(101)50-114-67-28-35-95-73(67)78(107)92-72(52(2)98)77(106)90-63(42-54-19-22-60(111-7)23-20-54)80(109)96-34-12-30-82(96,3)81(110)84-31-27-53-15-17-55(18-16-53)48-94(71(102)26-25-69(100)87-51)33-10-8-9-32-93-49-58(44-64(79(95)108)89-75(62)104)61-45-59(83)21-24-66(61)93;3-2(4,5)1(6)7/h11,13-24,41,45,49,51-52,62-65,67,72-73,98H,8-10,12,25-40,42-44,46-48,50H2,1-7H3,(H8-,84,85,86,87,88,89,90,91,92,99,100,101,103,104,105,106,107,110);(H,6,7)/p+1/t51-,52+,62-,63-,64-,65+,67-,72-,73-,82-;/m0./s1. The number of aliphatic hydroxyl groups is 1. The number of carboxylic acids is 1. The molecule has 7 heterocycles. The number of carboxylic acid groups (broad SMARTS) is 1. The summed E-state index contributed by atoms with van der Waals surface area (Å²) in [5.41, 5.74) is 2.63. The second-order valence-electron chi connectivity index (χ2n) is 32.1. The molecule has 1 aromatic heterocycles. The van der Waals surface area contributed by atoms with Gasteiger partial charge >= 0.3 is 12.1 Å². The van der Waals surface area contributed by atoms with Crippen LogP contribution in [0.2, 0.25) is 0 Å². The quantitative estimate of drug-likeness (QED) is 0.0403. The number of nitrogens with zero attached hydrogens (tertiary/aromatic N) is 5. The first-order chi connectivity index (χ1) is 57.5. The van der Waals surface area contributed by atoms with Crippen molar-refractivity contribution in [3.63, 3.8) is 0 Å². The van der Waals surface area contributed by atoms with Crippen molar-refractivity contribution in [3.8, 4) is 5.75 Å². The number of methoxy groups -OCH3 is 1. The highest BCUT2D eigenvalue weighted by Crippen LogP contribution is 2.33. The van der Waals surface area contributed by atoms with Gasteiger partial charge in [-0.2, -0.15) is 13.2 Å². The van der Waals surface area contributed by atoms with E-state index in [4.69, 9.17) is 28.8 Å². The fraction of sp³-hybridized carbons (Fsp3) is 0.536. The topological polar surface area (TPSA) is 422 Å². The number of ether oxygens (including phenoxy) is 4. The molecule has 37 heteroatoms. The van der Waals surface area contributed by atoms with Gasteiger partial charge in [0.15, 0.2) is 0 Å². The number of carbonyl (C=O) groups excluding carboxylic acids is 12. The molecule has 0 unspecified atom stereocenters. The number of aromatic nitrogens is 1. The number of rotatable bonds is 15. The molecule has 0 radical (unpaired) electrons. The van der Waals surface area contributed by atoms with Crippen LogP contribution in [0.15, 0.2) is 97.2 Å². The van der Waals surface area contributed by atoms with Gasteiger partial charge in [-0.25, -0.2) is 9.18 Å². The molecule has 11 rings (SSSR count). The van der Waals surface area contributed by atoms with E-state index in [9.17, 15) is 47.0 Å². The highest BCUT2D eigenvalue weighted by Gasteiger charge is 2.50. The molecule has 2 fully saturated rings. The van der Waals surface area contributed by atoms with Gasteiger partial charge in [-0.3, -0.25) is 57.5 Å². The van der Waals surface area contributed by atoms with Crippen molar-refractivity contribution in [2.24, 2.45) is 0 Å². The number of amides is 12. The predicted molar refractivity (Wildman–Crippen MR) is 430 cm³/mol. The van der Waals surface area contributed by atoms with E-state index in [1.165, 1.54) is 38.0 Å².